The van der Waals surface area contributed by atoms with Crippen molar-refractivity contribution in [3.05, 3.63) is 0 Å². The first kappa shape index (κ1) is 15.4. The summed E-state index contributed by atoms with van der Waals surface area (Å²) in [5, 5.41) is 2.82. The number of ether oxygens (including phenoxy) is 1. The maximum atomic E-state index is 11.4. The summed E-state index contributed by atoms with van der Waals surface area (Å²) in [5.74, 6) is 0. The zero-order valence-corrected chi connectivity index (χ0v) is 14.5. The molecule has 0 saturated heterocycles. The second-order valence-electron chi connectivity index (χ2n) is 7.42. The summed E-state index contributed by atoms with van der Waals surface area (Å²) in [6, 6.07) is 0. The maximum absolute atomic E-state index is 11.4. The summed E-state index contributed by atoms with van der Waals surface area (Å²) in [4.78, 5) is 11.4. The van der Waals surface area contributed by atoms with Gasteiger partial charge in [0.05, 0.1) is 0 Å². The van der Waals surface area contributed by atoms with Gasteiger partial charge in [0.25, 0.3) is 0 Å². The number of hydrogen-bond acceptors (Lipinski definition) is 2. The number of carbonyl (C=O) groups excluding carboxylic acids is 1. The number of alkyl halides is 1. The van der Waals surface area contributed by atoms with Crippen LogP contribution in [-0.4, -0.2) is 21.7 Å². The highest BCUT2D eigenvalue weighted by Crippen LogP contribution is 2.73. The Hall–Kier alpha value is 0. The molecule has 19 heavy (non-hydrogen) atoms. The second-order valence-corrected chi connectivity index (χ2v) is 9.71. The van der Waals surface area contributed by atoms with E-state index in [4.69, 9.17) is 4.74 Å². The molecule has 0 aromatic carbocycles. The summed E-state index contributed by atoms with van der Waals surface area (Å²) >= 11 is 2.63. The fraction of sp³-hybridized carbons (Fsp3) is 0.933. The average Bonchev–Trinajstić information content (AvgIpc) is 2.15. The van der Waals surface area contributed by atoms with Crippen LogP contribution in [-0.2, 0) is 4.74 Å². The predicted molar refractivity (Wildman–Crippen MR) is 85.7 cm³/mol. The SMILES string of the molecule is CC(C)(C)OC(=O)NCCCCCC12CC(I)(C1)C2. The Kier molecular flexibility index (Phi) is 4.38. The molecule has 3 aliphatic rings. The van der Waals surface area contributed by atoms with Gasteiger partial charge >= 0.3 is 6.09 Å². The van der Waals surface area contributed by atoms with E-state index >= 15 is 0 Å². The van der Waals surface area contributed by atoms with E-state index in [1.165, 1.54) is 38.5 Å². The molecule has 0 spiro atoms. The van der Waals surface area contributed by atoms with Crippen molar-refractivity contribution in [1.82, 2.24) is 5.32 Å². The van der Waals surface area contributed by atoms with Gasteiger partial charge in [-0.3, -0.25) is 0 Å². The van der Waals surface area contributed by atoms with Crippen molar-refractivity contribution in [3.8, 4) is 0 Å². The van der Waals surface area contributed by atoms with Crippen molar-refractivity contribution in [2.45, 2.75) is 74.7 Å². The minimum atomic E-state index is -0.399. The molecule has 0 atom stereocenters. The number of unbranched alkanes of at least 4 members (excludes halogenated alkanes) is 2. The van der Waals surface area contributed by atoms with E-state index in [9.17, 15) is 4.79 Å². The predicted octanol–water partition coefficient (Wildman–Crippen LogP) is 4.43. The zero-order chi connectivity index (χ0) is 14.1. The number of carbonyl (C=O) groups is 1. The van der Waals surface area contributed by atoms with E-state index < -0.39 is 5.60 Å². The lowest BCUT2D eigenvalue weighted by molar-refractivity contribution is -0.0711. The van der Waals surface area contributed by atoms with Gasteiger partial charge in [0.2, 0.25) is 0 Å². The van der Waals surface area contributed by atoms with Crippen molar-refractivity contribution >= 4 is 28.7 Å². The minimum Gasteiger partial charge on any atom is -0.444 e. The molecule has 3 nitrogen and oxygen atoms in total. The Balaban J connectivity index is 1.44. The van der Waals surface area contributed by atoms with E-state index in [0.29, 0.717) is 3.42 Å². The topological polar surface area (TPSA) is 38.3 Å². The normalized spacial score (nSPS) is 32.2. The largest absolute Gasteiger partial charge is 0.444 e. The van der Waals surface area contributed by atoms with Gasteiger partial charge in [-0.15, -0.1) is 0 Å². The minimum absolute atomic E-state index is 0.293. The molecule has 1 N–H and O–H groups in total. The molecule has 2 bridgehead atoms. The van der Waals surface area contributed by atoms with Crippen LogP contribution in [0.15, 0.2) is 0 Å². The van der Waals surface area contributed by atoms with Gasteiger partial charge in [-0.2, -0.15) is 0 Å². The van der Waals surface area contributed by atoms with Gasteiger partial charge in [-0.1, -0.05) is 35.4 Å². The van der Waals surface area contributed by atoms with Gasteiger partial charge in [0, 0.05) is 9.97 Å². The molecule has 0 heterocycles. The standard InChI is InChI=1S/C15H26INO2/c1-13(2,3)19-12(18)17-8-6-4-5-7-14-9-15(16,10-14)11-14/h4-11H2,1-3H3,(H,17,18). The van der Waals surface area contributed by atoms with E-state index in [0.717, 1.165) is 18.4 Å². The lowest BCUT2D eigenvalue weighted by atomic mass is 9.43. The van der Waals surface area contributed by atoms with Crippen LogP contribution in [0.3, 0.4) is 0 Å². The number of alkyl carbamates (subject to hydrolysis) is 1. The lowest BCUT2D eigenvalue weighted by Crippen LogP contribution is -2.62. The first-order chi connectivity index (χ1) is 8.72. The summed E-state index contributed by atoms with van der Waals surface area (Å²) in [6.45, 7) is 6.39. The first-order valence-electron chi connectivity index (χ1n) is 7.38. The quantitative estimate of drug-likeness (QED) is 0.421. The van der Waals surface area contributed by atoms with Crippen molar-refractivity contribution in [1.29, 1.82) is 0 Å². The van der Waals surface area contributed by atoms with Crippen molar-refractivity contribution < 1.29 is 9.53 Å². The van der Waals surface area contributed by atoms with Gasteiger partial charge in [-0.25, -0.2) is 4.79 Å². The summed E-state index contributed by atoms with van der Waals surface area (Å²) in [7, 11) is 0. The highest BCUT2D eigenvalue weighted by Gasteiger charge is 2.65. The summed E-state index contributed by atoms with van der Waals surface area (Å²) in [5.41, 5.74) is 0.337. The fourth-order valence-electron chi connectivity index (χ4n) is 3.43. The Morgan fingerprint density at radius 2 is 1.84 bits per heavy atom. The van der Waals surface area contributed by atoms with Crippen LogP contribution in [0, 0.1) is 5.41 Å². The molecule has 3 aliphatic carbocycles. The number of halogens is 1. The van der Waals surface area contributed by atoms with Gasteiger partial charge in [-0.05, 0) is 58.3 Å². The van der Waals surface area contributed by atoms with Crippen LogP contribution in [0.2, 0.25) is 0 Å². The Labute approximate surface area is 130 Å². The van der Waals surface area contributed by atoms with Crippen molar-refractivity contribution in [3.63, 3.8) is 0 Å². The van der Waals surface area contributed by atoms with Gasteiger partial charge in [0.1, 0.15) is 5.60 Å². The third-order valence-electron chi connectivity index (χ3n) is 4.13. The summed E-state index contributed by atoms with van der Waals surface area (Å²) in [6.07, 6.45) is 9.05. The number of amides is 1. The zero-order valence-electron chi connectivity index (χ0n) is 12.4. The van der Waals surface area contributed by atoms with E-state index in [-0.39, 0.29) is 6.09 Å². The van der Waals surface area contributed by atoms with Crippen molar-refractivity contribution in [2.75, 3.05) is 6.54 Å². The molecule has 0 unspecified atom stereocenters. The monoisotopic (exact) mass is 379 g/mol. The lowest BCUT2D eigenvalue weighted by Gasteiger charge is -2.68. The molecule has 4 heteroatoms. The highest BCUT2D eigenvalue weighted by atomic mass is 127. The fourth-order valence-corrected chi connectivity index (χ4v) is 5.86. The Bertz CT molecular complexity index is 329. The third kappa shape index (κ3) is 4.23. The van der Waals surface area contributed by atoms with Crippen LogP contribution in [0.5, 0.6) is 0 Å². The molecule has 3 saturated carbocycles. The Morgan fingerprint density at radius 1 is 1.21 bits per heavy atom. The molecule has 0 aromatic heterocycles. The molecule has 110 valence electrons. The molecule has 0 aliphatic heterocycles. The maximum Gasteiger partial charge on any atom is 0.407 e. The molecule has 1 amide bonds. The third-order valence-corrected chi connectivity index (χ3v) is 5.27. The van der Waals surface area contributed by atoms with Crippen LogP contribution >= 0.6 is 22.6 Å². The summed E-state index contributed by atoms with van der Waals surface area (Å²) < 4.78 is 5.90. The molecule has 3 rings (SSSR count). The molecule has 0 radical (unpaired) electrons. The molecular formula is C15H26INO2. The number of nitrogens with one attached hydrogen (secondary N) is 1. The van der Waals surface area contributed by atoms with Gasteiger partial charge < -0.3 is 10.1 Å². The van der Waals surface area contributed by atoms with E-state index in [1.54, 1.807) is 0 Å². The Morgan fingerprint density at radius 3 is 2.37 bits per heavy atom. The smallest absolute Gasteiger partial charge is 0.407 e. The van der Waals surface area contributed by atoms with Gasteiger partial charge in [0.15, 0.2) is 0 Å². The van der Waals surface area contributed by atoms with Crippen LogP contribution in [0.25, 0.3) is 0 Å². The number of hydrogen-bond donors (Lipinski definition) is 1. The molecule has 3 fully saturated rings. The number of rotatable bonds is 6. The van der Waals surface area contributed by atoms with Crippen LogP contribution in [0.1, 0.15) is 65.7 Å². The van der Waals surface area contributed by atoms with Crippen molar-refractivity contribution in [2.24, 2.45) is 5.41 Å². The van der Waals surface area contributed by atoms with E-state index in [2.05, 4.69) is 27.9 Å². The highest BCUT2D eigenvalue weighted by molar-refractivity contribution is 14.1. The first-order valence-corrected chi connectivity index (χ1v) is 8.46. The average molecular weight is 379 g/mol. The molecular weight excluding hydrogens is 353 g/mol. The second kappa shape index (κ2) is 5.41. The van der Waals surface area contributed by atoms with Crippen LogP contribution in [0.4, 0.5) is 4.79 Å². The molecule has 0 aromatic rings. The van der Waals surface area contributed by atoms with E-state index in [1.807, 2.05) is 20.8 Å². The van der Waals surface area contributed by atoms with Crippen LogP contribution < -0.4 is 5.32 Å².